The molecule has 0 atom stereocenters. The van der Waals surface area contributed by atoms with Gasteiger partial charge in [0.15, 0.2) is 6.67 Å². The molecule has 0 aliphatic carbocycles. The third kappa shape index (κ3) is 11.0. The third-order valence-corrected chi connectivity index (χ3v) is 0.293. The van der Waals surface area contributed by atoms with Crippen LogP contribution in [0.5, 0.6) is 0 Å². The van der Waals surface area contributed by atoms with E-state index in [0.717, 1.165) is 0 Å². The summed E-state index contributed by atoms with van der Waals surface area (Å²) in [5.74, 6) is 0. The Balaban J connectivity index is 0.000000148. The fourth-order valence-electron chi connectivity index (χ4n) is 0.141. The Hall–Kier alpha value is -0.855. The number of nitrogens with zero attached hydrogens (tertiary/aromatic N) is 4. The second-order valence-corrected chi connectivity index (χ2v) is 0.950. The van der Waals surface area contributed by atoms with Gasteiger partial charge in [-0.05, 0) is 10.4 Å². The van der Waals surface area contributed by atoms with Gasteiger partial charge in [-0.25, -0.2) is 0 Å². The van der Waals surface area contributed by atoms with Gasteiger partial charge in [-0.15, -0.1) is 10.2 Å². The molecule has 50 valence electrons. The minimum Gasteiger partial charge on any atom is -0.402 e. The van der Waals surface area contributed by atoms with Crippen molar-refractivity contribution in [2.24, 2.45) is 20.7 Å². The van der Waals surface area contributed by atoms with Crippen molar-refractivity contribution in [3.05, 3.63) is 0 Å². The first-order valence-corrected chi connectivity index (χ1v) is 2.01. The van der Waals surface area contributed by atoms with Crippen LogP contribution >= 0.6 is 0 Å². The van der Waals surface area contributed by atoms with E-state index in [9.17, 15) is 0 Å². The lowest BCUT2D eigenvalue weighted by atomic mass is 10.3. The highest BCUT2D eigenvalue weighted by atomic mass is 16.5. The predicted octanol–water partition coefficient (Wildman–Crippen LogP) is -1.27. The molecule has 3 N–H and O–H groups in total. The summed E-state index contributed by atoms with van der Waals surface area (Å²) in [6.45, 7) is 0.417. The van der Waals surface area contributed by atoms with E-state index in [0.29, 0.717) is 6.67 Å². The molecular formula is CH5BN4O3. The minimum absolute atomic E-state index is 0.417. The van der Waals surface area contributed by atoms with Crippen molar-refractivity contribution in [2.45, 2.75) is 0 Å². The second-order valence-electron chi connectivity index (χ2n) is 0.950. The highest BCUT2D eigenvalue weighted by molar-refractivity contribution is 6.30. The van der Waals surface area contributed by atoms with Crippen molar-refractivity contribution in [3.8, 4) is 0 Å². The fourth-order valence-corrected chi connectivity index (χ4v) is 0.141. The Labute approximate surface area is 50.9 Å². The van der Waals surface area contributed by atoms with Gasteiger partial charge >= 0.3 is 7.32 Å². The van der Waals surface area contributed by atoms with Gasteiger partial charge in [-0.3, -0.25) is 0 Å². The van der Waals surface area contributed by atoms with Gasteiger partial charge in [0.1, 0.15) is 0 Å². The van der Waals surface area contributed by atoms with Crippen LogP contribution in [0.25, 0.3) is 0 Å². The molecule has 1 rings (SSSR count). The van der Waals surface area contributed by atoms with Gasteiger partial charge in [-0.2, -0.15) is 0 Å². The van der Waals surface area contributed by atoms with E-state index < -0.39 is 7.32 Å². The summed E-state index contributed by atoms with van der Waals surface area (Å²) in [5.41, 5.74) is 0. The molecule has 1 aliphatic heterocycles. The normalized spacial score (nSPS) is 12.8. The Morgan fingerprint density at radius 1 is 1.00 bits per heavy atom. The van der Waals surface area contributed by atoms with Crippen LogP contribution in [0, 0.1) is 0 Å². The quantitative estimate of drug-likeness (QED) is 0.357. The molecule has 0 unspecified atom stereocenters. The van der Waals surface area contributed by atoms with Gasteiger partial charge in [0, 0.05) is 0 Å². The molecule has 0 bridgehead atoms. The van der Waals surface area contributed by atoms with Crippen LogP contribution in [0.2, 0.25) is 0 Å². The fraction of sp³-hybridized carbons (Fsp3) is 1.00. The van der Waals surface area contributed by atoms with E-state index in [1.54, 1.807) is 0 Å². The Bertz CT molecular complexity index is 99.6. The van der Waals surface area contributed by atoms with Gasteiger partial charge in [0.25, 0.3) is 0 Å². The Kier molecular flexibility index (Phi) is 4.78. The van der Waals surface area contributed by atoms with Crippen LogP contribution in [0.1, 0.15) is 0 Å². The molecule has 0 spiro atoms. The van der Waals surface area contributed by atoms with Gasteiger partial charge in [0.05, 0.1) is 0 Å². The first-order chi connectivity index (χ1) is 4.23. The van der Waals surface area contributed by atoms with Crippen LogP contribution < -0.4 is 0 Å². The van der Waals surface area contributed by atoms with Crippen LogP contribution in [-0.4, -0.2) is 29.1 Å². The summed E-state index contributed by atoms with van der Waals surface area (Å²) < 4.78 is 0. The first-order valence-electron chi connectivity index (χ1n) is 2.01. The van der Waals surface area contributed by atoms with Crippen molar-refractivity contribution in [2.75, 3.05) is 6.67 Å². The highest BCUT2D eigenvalue weighted by Gasteiger charge is 1.92. The van der Waals surface area contributed by atoms with Gasteiger partial charge in [0.2, 0.25) is 0 Å². The van der Waals surface area contributed by atoms with Crippen molar-refractivity contribution in [1.29, 1.82) is 0 Å². The summed E-state index contributed by atoms with van der Waals surface area (Å²) in [6.07, 6.45) is 0. The maximum absolute atomic E-state index is 7.17. The average molecular weight is 132 g/mol. The van der Waals surface area contributed by atoms with E-state index in [-0.39, 0.29) is 0 Å². The van der Waals surface area contributed by atoms with Crippen LogP contribution in [0.4, 0.5) is 0 Å². The lowest BCUT2D eigenvalue weighted by molar-refractivity contribution is 0.278. The molecule has 0 saturated heterocycles. The lowest BCUT2D eigenvalue weighted by Crippen LogP contribution is -2.07. The molecule has 9 heavy (non-hydrogen) atoms. The molecule has 0 aromatic heterocycles. The minimum atomic E-state index is -2.17. The summed E-state index contributed by atoms with van der Waals surface area (Å²) >= 11 is 0. The SMILES string of the molecule is C1N=NN=N1.OB(O)O. The Morgan fingerprint density at radius 3 is 1.44 bits per heavy atom. The summed E-state index contributed by atoms with van der Waals surface area (Å²) in [6, 6.07) is 0. The topological polar surface area (TPSA) is 110 Å². The summed E-state index contributed by atoms with van der Waals surface area (Å²) in [7, 11) is -2.17. The zero-order valence-corrected chi connectivity index (χ0v) is 4.41. The molecule has 7 nitrogen and oxygen atoms in total. The monoisotopic (exact) mass is 132 g/mol. The molecule has 0 aromatic rings. The molecule has 0 fully saturated rings. The summed E-state index contributed by atoms with van der Waals surface area (Å²) in [5, 5.41) is 34.6. The number of hydrogen-bond donors (Lipinski definition) is 3. The van der Waals surface area contributed by atoms with Gasteiger partial charge < -0.3 is 15.1 Å². The van der Waals surface area contributed by atoms with Crippen molar-refractivity contribution >= 4 is 7.32 Å². The van der Waals surface area contributed by atoms with E-state index >= 15 is 0 Å². The Morgan fingerprint density at radius 2 is 1.33 bits per heavy atom. The zero-order chi connectivity index (χ0) is 7.11. The van der Waals surface area contributed by atoms with Gasteiger partial charge in [-0.1, -0.05) is 0 Å². The molecule has 0 radical (unpaired) electrons. The molecule has 1 aliphatic rings. The van der Waals surface area contributed by atoms with Crippen molar-refractivity contribution in [1.82, 2.24) is 0 Å². The van der Waals surface area contributed by atoms with E-state index in [1.807, 2.05) is 0 Å². The molecule has 0 aromatic carbocycles. The number of hydrogen-bond acceptors (Lipinski definition) is 7. The standard InChI is InChI=1S/CH2N4.BH3O3/c1-2-4-5-3-1;2-1(3)4/h1H2;2-4H. The maximum Gasteiger partial charge on any atom is 0.631 e. The molecule has 0 saturated carbocycles. The lowest BCUT2D eigenvalue weighted by Gasteiger charge is -1.69. The van der Waals surface area contributed by atoms with Crippen molar-refractivity contribution in [3.63, 3.8) is 0 Å². The summed E-state index contributed by atoms with van der Waals surface area (Å²) in [4.78, 5) is 0. The zero-order valence-electron chi connectivity index (χ0n) is 4.41. The highest BCUT2D eigenvalue weighted by Crippen LogP contribution is 1.87. The second kappa shape index (κ2) is 5.28. The van der Waals surface area contributed by atoms with E-state index in [4.69, 9.17) is 15.1 Å². The van der Waals surface area contributed by atoms with Crippen LogP contribution in [0.3, 0.4) is 0 Å². The van der Waals surface area contributed by atoms with Crippen LogP contribution in [-0.2, 0) is 0 Å². The molecule has 8 heteroatoms. The average Bonchev–Trinajstić information content (AvgIpc) is 2.11. The van der Waals surface area contributed by atoms with Crippen LogP contribution in [0.15, 0.2) is 20.7 Å². The largest absolute Gasteiger partial charge is 0.631 e. The third-order valence-electron chi connectivity index (χ3n) is 0.293. The smallest absolute Gasteiger partial charge is 0.402 e. The van der Waals surface area contributed by atoms with E-state index in [2.05, 4.69) is 20.7 Å². The molecule has 0 amide bonds. The maximum atomic E-state index is 7.17. The predicted molar refractivity (Wildman–Crippen MR) is 27.0 cm³/mol. The van der Waals surface area contributed by atoms with E-state index in [1.165, 1.54) is 0 Å². The number of rotatable bonds is 0. The molecular weight excluding hydrogens is 127 g/mol. The molecule has 1 heterocycles. The first kappa shape index (κ1) is 8.14. The van der Waals surface area contributed by atoms with Crippen molar-refractivity contribution < 1.29 is 15.1 Å².